The maximum Gasteiger partial charge on any atom is 0.303 e. The van der Waals surface area contributed by atoms with Gasteiger partial charge in [0.25, 0.3) is 0 Å². The summed E-state index contributed by atoms with van der Waals surface area (Å²) in [4.78, 5) is 47.2. The number of benzene rings is 1. The minimum absolute atomic E-state index is 0.246. The smallest absolute Gasteiger partial charge is 0.303 e. The highest BCUT2D eigenvalue weighted by Gasteiger charge is 2.52. The molecule has 42 heavy (non-hydrogen) atoms. The number of carbonyl (C=O) groups is 4. The Morgan fingerprint density at radius 3 is 1.98 bits per heavy atom. The van der Waals surface area contributed by atoms with Crippen molar-refractivity contribution in [2.75, 3.05) is 19.8 Å². The van der Waals surface area contributed by atoms with Gasteiger partial charge in [0, 0.05) is 34.3 Å². The molecule has 11 heteroatoms. The highest BCUT2D eigenvalue weighted by Crippen LogP contribution is 2.30. The van der Waals surface area contributed by atoms with Crippen molar-refractivity contribution >= 4 is 23.9 Å². The van der Waals surface area contributed by atoms with Gasteiger partial charge in [0.1, 0.15) is 18.5 Å². The summed E-state index contributed by atoms with van der Waals surface area (Å²) in [5, 5.41) is 0. The van der Waals surface area contributed by atoms with E-state index in [2.05, 4.69) is 12.1 Å². The molecule has 234 valence electrons. The first kappa shape index (κ1) is 33.3. The van der Waals surface area contributed by atoms with Crippen LogP contribution in [0.2, 0.25) is 0 Å². The lowest BCUT2D eigenvalue weighted by atomic mass is 9.90. The number of unbranched alkanes of at least 4 members (excludes halogenated alkanes) is 1. The maximum absolute atomic E-state index is 11.9. The molecule has 2 aliphatic rings. The van der Waals surface area contributed by atoms with E-state index in [0.29, 0.717) is 12.3 Å². The van der Waals surface area contributed by atoms with Crippen molar-refractivity contribution in [3.8, 4) is 5.75 Å². The van der Waals surface area contributed by atoms with Crippen molar-refractivity contribution in [1.29, 1.82) is 0 Å². The molecule has 1 saturated heterocycles. The van der Waals surface area contributed by atoms with E-state index in [9.17, 15) is 19.2 Å². The number of hydrogen-bond donors (Lipinski definition) is 0. The molecule has 1 aliphatic carbocycles. The minimum Gasteiger partial charge on any atom is -0.493 e. The Kier molecular flexibility index (Phi) is 13.5. The van der Waals surface area contributed by atoms with Crippen LogP contribution in [-0.2, 0) is 54.0 Å². The molecule has 1 saturated carbocycles. The zero-order chi connectivity index (χ0) is 30.5. The Bertz CT molecular complexity index is 1020. The fourth-order valence-electron chi connectivity index (χ4n) is 5.27. The van der Waals surface area contributed by atoms with Gasteiger partial charge in [0.2, 0.25) is 0 Å². The van der Waals surface area contributed by atoms with Gasteiger partial charge >= 0.3 is 23.9 Å². The molecule has 1 aromatic rings. The molecule has 11 nitrogen and oxygen atoms in total. The van der Waals surface area contributed by atoms with Crippen molar-refractivity contribution in [3.63, 3.8) is 0 Å². The number of carbonyl (C=O) groups excluding carboxylic acids is 4. The van der Waals surface area contributed by atoms with Gasteiger partial charge in [-0.2, -0.15) is 0 Å². The first-order chi connectivity index (χ1) is 20.1. The van der Waals surface area contributed by atoms with Crippen LogP contribution in [0.3, 0.4) is 0 Å². The van der Waals surface area contributed by atoms with E-state index in [1.54, 1.807) is 0 Å². The number of ether oxygens (including phenoxy) is 7. The summed E-state index contributed by atoms with van der Waals surface area (Å²) in [5.41, 5.74) is 1.17. The second-order valence-electron chi connectivity index (χ2n) is 10.9. The molecule has 2 fully saturated rings. The monoisotopic (exact) mass is 592 g/mol. The van der Waals surface area contributed by atoms with Crippen molar-refractivity contribution < 1.29 is 52.3 Å². The third kappa shape index (κ3) is 11.2. The summed E-state index contributed by atoms with van der Waals surface area (Å²) in [6.07, 6.45) is 2.86. The van der Waals surface area contributed by atoms with Crippen LogP contribution in [0.5, 0.6) is 5.75 Å². The molecule has 1 aliphatic heterocycles. The van der Waals surface area contributed by atoms with Gasteiger partial charge in [-0.1, -0.05) is 31.4 Å². The SMILES string of the molecule is CC(=O)OCC1OC(OCCCCc2ccc(OCC3CCCCC3)cc2)C(OC(C)=O)C(OC(C)=O)C1OC(C)=O. The largest absolute Gasteiger partial charge is 0.493 e. The third-order valence-corrected chi connectivity index (χ3v) is 7.22. The van der Waals surface area contributed by atoms with Gasteiger partial charge in [-0.05, 0) is 55.7 Å². The summed E-state index contributed by atoms with van der Waals surface area (Å²) < 4.78 is 39.2. The summed E-state index contributed by atoms with van der Waals surface area (Å²) >= 11 is 0. The molecule has 0 aromatic heterocycles. The summed E-state index contributed by atoms with van der Waals surface area (Å²) in [7, 11) is 0. The predicted octanol–water partition coefficient (Wildman–Crippen LogP) is 4.07. The molecule has 0 amide bonds. The van der Waals surface area contributed by atoms with Gasteiger partial charge in [0.05, 0.1) is 6.61 Å². The standard InChI is InChI=1S/C31H44O11/c1-20(32)37-19-27-28(39-21(2)33)29(40-22(3)34)30(41-23(4)35)31(42-27)36-17-9-8-10-24-13-15-26(16-14-24)38-18-25-11-6-5-7-12-25/h13-16,25,27-31H,5-12,17-19H2,1-4H3. The molecule has 5 atom stereocenters. The van der Waals surface area contributed by atoms with Crippen molar-refractivity contribution in [2.24, 2.45) is 5.92 Å². The number of hydrogen-bond acceptors (Lipinski definition) is 11. The molecule has 1 heterocycles. The van der Waals surface area contributed by atoms with Crippen LogP contribution in [0.15, 0.2) is 24.3 Å². The zero-order valence-corrected chi connectivity index (χ0v) is 25.0. The molecule has 0 bridgehead atoms. The van der Waals surface area contributed by atoms with Gasteiger partial charge in [-0.25, -0.2) is 0 Å². The Hall–Kier alpha value is -3.18. The van der Waals surface area contributed by atoms with Gasteiger partial charge < -0.3 is 33.2 Å². The maximum atomic E-state index is 11.9. The van der Waals surface area contributed by atoms with Crippen LogP contribution >= 0.6 is 0 Å². The highest BCUT2D eigenvalue weighted by atomic mass is 16.7. The minimum atomic E-state index is -1.24. The number of esters is 4. The summed E-state index contributed by atoms with van der Waals surface area (Å²) in [6.45, 7) is 5.50. The second-order valence-corrected chi connectivity index (χ2v) is 10.9. The van der Waals surface area contributed by atoms with Crippen LogP contribution in [0, 0.1) is 5.92 Å². The Labute approximate surface area is 247 Å². The molecular weight excluding hydrogens is 548 g/mol. The van der Waals surface area contributed by atoms with Crippen LogP contribution < -0.4 is 4.74 Å². The third-order valence-electron chi connectivity index (χ3n) is 7.22. The Balaban J connectivity index is 1.56. The van der Waals surface area contributed by atoms with E-state index in [-0.39, 0.29) is 13.2 Å². The average molecular weight is 593 g/mol. The summed E-state index contributed by atoms with van der Waals surface area (Å²) in [5.74, 6) is -1.07. The average Bonchev–Trinajstić information content (AvgIpc) is 2.94. The van der Waals surface area contributed by atoms with E-state index in [4.69, 9.17) is 33.2 Å². The van der Waals surface area contributed by atoms with Crippen LogP contribution in [-0.4, -0.2) is 74.4 Å². The topological polar surface area (TPSA) is 133 Å². The second kappa shape index (κ2) is 17.1. The number of rotatable bonds is 14. The molecule has 3 rings (SSSR count). The number of aryl methyl sites for hydroxylation is 1. The van der Waals surface area contributed by atoms with Gasteiger partial charge in [-0.15, -0.1) is 0 Å². The van der Waals surface area contributed by atoms with Crippen LogP contribution in [0.1, 0.15) is 78.2 Å². The van der Waals surface area contributed by atoms with Crippen molar-refractivity contribution in [2.45, 2.75) is 110 Å². The normalized spacial score (nSPS) is 24.3. The molecule has 0 radical (unpaired) electrons. The molecule has 0 spiro atoms. The fraction of sp³-hybridized carbons (Fsp3) is 0.677. The summed E-state index contributed by atoms with van der Waals surface area (Å²) in [6, 6.07) is 8.14. The Morgan fingerprint density at radius 2 is 1.36 bits per heavy atom. The fourth-order valence-corrected chi connectivity index (χ4v) is 5.27. The van der Waals surface area contributed by atoms with E-state index < -0.39 is 54.6 Å². The predicted molar refractivity (Wildman–Crippen MR) is 149 cm³/mol. The van der Waals surface area contributed by atoms with Gasteiger partial charge in [-0.3, -0.25) is 19.2 Å². The van der Waals surface area contributed by atoms with E-state index in [1.807, 2.05) is 12.1 Å². The van der Waals surface area contributed by atoms with E-state index in [1.165, 1.54) is 65.4 Å². The molecule has 5 unspecified atom stereocenters. The first-order valence-electron chi connectivity index (χ1n) is 14.8. The van der Waals surface area contributed by atoms with Crippen molar-refractivity contribution in [3.05, 3.63) is 29.8 Å². The van der Waals surface area contributed by atoms with E-state index in [0.717, 1.165) is 25.2 Å². The Morgan fingerprint density at radius 1 is 0.738 bits per heavy atom. The zero-order valence-electron chi connectivity index (χ0n) is 25.0. The van der Waals surface area contributed by atoms with Crippen molar-refractivity contribution in [1.82, 2.24) is 0 Å². The highest BCUT2D eigenvalue weighted by molar-refractivity contribution is 5.68. The lowest BCUT2D eigenvalue weighted by Gasteiger charge is -2.44. The lowest BCUT2D eigenvalue weighted by Crippen LogP contribution is -2.63. The molecular formula is C31H44O11. The van der Waals surface area contributed by atoms with Gasteiger partial charge in [0.15, 0.2) is 24.6 Å². The first-order valence-corrected chi connectivity index (χ1v) is 14.8. The molecule has 1 aromatic carbocycles. The van der Waals surface area contributed by atoms with Crippen LogP contribution in [0.4, 0.5) is 0 Å². The lowest BCUT2D eigenvalue weighted by molar-refractivity contribution is -0.308. The van der Waals surface area contributed by atoms with Crippen LogP contribution in [0.25, 0.3) is 0 Å². The van der Waals surface area contributed by atoms with E-state index >= 15 is 0 Å². The molecule has 0 N–H and O–H groups in total. The quantitative estimate of drug-likeness (QED) is 0.176.